The van der Waals surface area contributed by atoms with Gasteiger partial charge in [-0.25, -0.2) is 0 Å². The molecule has 1 amide bonds. The molecule has 0 bridgehead atoms. The van der Waals surface area contributed by atoms with Crippen molar-refractivity contribution in [1.82, 2.24) is 19.7 Å². The van der Waals surface area contributed by atoms with Gasteiger partial charge in [0.05, 0.1) is 10.8 Å². The van der Waals surface area contributed by atoms with Crippen LogP contribution in [0, 0.1) is 11.3 Å². The first-order valence-corrected chi connectivity index (χ1v) is 12.2. The number of aromatic nitrogens is 4. The summed E-state index contributed by atoms with van der Waals surface area (Å²) < 4.78 is 2.00. The van der Waals surface area contributed by atoms with Crippen LogP contribution in [0.4, 0.5) is 5.00 Å². The van der Waals surface area contributed by atoms with Gasteiger partial charge >= 0.3 is 0 Å². The number of rotatable bonds is 6. The second-order valence-electron chi connectivity index (χ2n) is 7.42. The zero-order valence-electron chi connectivity index (χ0n) is 17.6. The van der Waals surface area contributed by atoms with E-state index in [1.807, 2.05) is 30.5 Å². The SMILES string of the molecule is CCn1c(SC(C)C(=O)Nc2sc3c(c2C#N)CCCCC3)nnc1-c1ccncc1. The third-order valence-electron chi connectivity index (χ3n) is 5.39. The normalized spacial score (nSPS) is 14.4. The lowest BCUT2D eigenvalue weighted by Crippen LogP contribution is -2.23. The highest BCUT2D eigenvalue weighted by atomic mass is 32.2. The maximum atomic E-state index is 12.9. The average molecular weight is 453 g/mol. The minimum Gasteiger partial charge on any atom is -0.316 e. The summed E-state index contributed by atoms with van der Waals surface area (Å²) in [5.74, 6) is 0.628. The molecule has 0 saturated carbocycles. The van der Waals surface area contributed by atoms with Crippen LogP contribution in [0.5, 0.6) is 0 Å². The molecular formula is C22H24N6OS2. The van der Waals surface area contributed by atoms with E-state index in [2.05, 4.69) is 26.6 Å². The minimum absolute atomic E-state index is 0.131. The summed E-state index contributed by atoms with van der Waals surface area (Å²) in [5.41, 5.74) is 2.71. The van der Waals surface area contributed by atoms with Crippen LogP contribution in [-0.2, 0) is 24.2 Å². The molecule has 0 aromatic carbocycles. The third-order valence-corrected chi connectivity index (χ3v) is 7.68. The molecule has 1 atom stereocenters. The number of carbonyl (C=O) groups is 1. The van der Waals surface area contributed by atoms with Crippen LogP contribution in [0.2, 0.25) is 0 Å². The molecule has 7 nitrogen and oxygen atoms in total. The van der Waals surface area contributed by atoms with E-state index in [4.69, 9.17) is 0 Å². The Hall–Kier alpha value is -2.70. The Bertz CT molecular complexity index is 1120. The molecule has 160 valence electrons. The van der Waals surface area contributed by atoms with Gasteiger partial charge in [0.2, 0.25) is 5.91 Å². The fourth-order valence-electron chi connectivity index (χ4n) is 3.75. The van der Waals surface area contributed by atoms with Crippen LogP contribution in [0.25, 0.3) is 11.4 Å². The lowest BCUT2D eigenvalue weighted by Gasteiger charge is -2.12. The second kappa shape index (κ2) is 9.62. The predicted octanol–water partition coefficient (Wildman–Crippen LogP) is 4.68. The number of fused-ring (bicyclic) bond motifs is 1. The summed E-state index contributed by atoms with van der Waals surface area (Å²) in [6.07, 6.45) is 8.80. The van der Waals surface area contributed by atoms with E-state index in [0.29, 0.717) is 22.3 Å². The van der Waals surface area contributed by atoms with Gasteiger partial charge in [0.1, 0.15) is 11.1 Å². The van der Waals surface area contributed by atoms with Gasteiger partial charge in [-0.2, -0.15) is 5.26 Å². The van der Waals surface area contributed by atoms with Crippen molar-refractivity contribution in [3.8, 4) is 17.5 Å². The fourth-order valence-corrected chi connectivity index (χ4v) is 5.91. The largest absolute Gasteiger partial charge is 0.316 e. The Kier molecular flexibility index (Phi) is 6.68. The smallest absolute Gasteiger partial charge is 0.238 e. The maximum absolute atomic E-state index is 12.9. The Morgan fingerprint density at radius 1 is 1.29 bits per heavy atom. The first kappa shape index (κ1) is 21.5. The van der Waals surface area contributed by atoms with E-state index in [-0.39, 0.29) is 11.2 Å². The Labute approximate surface area is 189 Å². The standard InChI is InChI=1S/C22H24N6OS2/c1-3-28-19(15-9-11-24-12-10-15)26-27-22(28)30-14(2)20(29)25-21-17(13-23)16-7-5-4-6-8-18(16)31-21/h9-12,14H,3-8H2,1-2H3,(H,25,29). The number of thioether (sulfide) groups is 1. The van der Waals surface area contributed by atoms with Gasteiger partial charge in [0.25, 0.3) is 0 Å². The number of amides is 1. The van der Waals surface area contributed by atoms with Crippen molar-refractivity contribution >= 4 is 34.0 Å². The summed E-state index contributed by atoms with van der Waals surface area (Å²) in [5, 5.41) is 22.3. The Balaban J connectivity index is 1.50. The molecule has 4 rings (SSSR count). The second-order valence-corrected chi connectivity index (χ2v) is 9.83. The quantitative estimate of drug-likeness (QED) is 0.431. The lowest BCUT2D eigenvalue weighted by atomic mass is 10.1. The molecule has 31 heavy (non-hydrogen) atoms. The monoisotopic (exact) mass is 452 g/mol. The number of pyridine rings is 1. The molecule has 1 aliphatic carbocycles. The first-order valence-electron chi connectivity index (χ1n) is 10.5. The topological polar surface area (TPSA) is 96.5 Å². The number of hydrogen-bond donors (Lipinski definition) is 1. The summed E-state index contributed by atoms with van der Waals surface area (Å²) in [6.45, 7) is 4.57. The summed E-state index contributed by atoms with van der Waals surface area (Å²) >= 11 is 2.93. The van der Waals surface area contributed by atoms with Crippen molar-refractivity contribution in [2.45, 2.75) is 62.9 Å². The molecule has 3 aromatic heterocycles. The highest BCUT2D eigenvalue weighted by Gasteiger charge is 2.24. The van der Waals surface area contributed by atoms with Gasteiger partial charge in [-0.05, 0) is 57.2 Å². The molecule has 0 saturated heterocycles. The van der Waals surface area contributed by atoms with Crippen molar-refractivity contribution in [3.05, 3.63) is 40.5 Å². The molecule has 1 unspecified atom stereocenters. The van der Waals surface area contributed by atoms with Gasteiger partial charge in [0.15, 0.2) is 11.0 Å². The van der Waals surface area contributed by atoms with Gasteiger partial charge in [-0.15, -0.1) is 21.5 Å². The van der Waals surface area contributed by atoms with E-state index in [1.165, 1.54) is 23.1 Å². The zero-order chi connectivity index (χ0) is 21.8. The predicted molar refractivity (Wildman–Crippen MR) is 123 cm³/mol. The van der Waals surface area contributed by atoms with Gasteiger partial charge in [0, 0.05) is 29.4 Å². The number of anilines is 1. The van der Waals surface area contributed by atoms with Crippen LogP contribution < -0.4 is 5.32 Å². The van der Waals surface area contributed by atoms with Gasteiger partial charge in [-0.1, -0.05) is 18.2 Å². The van der Waals surface area contributed by atoms with Gasteiger partial charge in [-0.3, -0.25) is 9.78 Å². The van der Waals surface area contributed by atoms with E-state index in [9.17, 15) is 10.1 Å². The van der Waals surface area contributed by atoms with Crippen molar-refractivity contribution in [1.29, 1.82) is 5.26 Å². The van der Waals surface area contributed by atoms with E-state index < -0.39 is 0 Å². The first-order chi connectivity index (χ1) is 15.1. The number of nitrogens with zero attached hydrogens (tertiary/aromatic N) is 5. The summed E-state index contributed by atoms with van der Waals surface area (Å²) in [6, 6.07) is 6.11. The number of hydrogen-bond acceptors (Lipinski definition) is 7. The molecule has 0 fully saturated rings. The summed E-state index contributed by atoms with van der Waals surface area (Å²) in [4.78, 5) is 18.2. The number of nitriles is 1. The molecule has 9 heteroatoms. The Morgan fingerprint density at radius 2 is 2.06 bits per heavy atom. The van der Waals surface area contributed by atoms with Crippen LogP contribution in [0.3, 0.4) is 0 Å². The minimum atomic E-state index is -0.381. The van der Waals surface area contributed by atoms with Crippen LogP contribution in [0.1, 0.15) is 49.1 Å². The fraction of sp³-hybridized carbons (Fsp3) is 0.409. The maximum Gasteiger partial charge on any atom is 0.238 e. The number of aryl methyl sites for hydroxylation is 1. The molecule has 1 aliphatic rings. The van der Waals surface area contributed by atoms with Crippen LogP contribution in [-0.4, -0.2) is 30.9 Å². The highest BCUT2D eigenvalue weighted by Crippen LogP contribution is 2.37. The van der Waals surface area contributed by atoms with Crippen LogP contribution in [0.15, 0.2) is 29.7 Å². The molecule has 1 N–H and O–H groups in total. The summed E-state index contributed by atoms with van der Waals surface area (Å²) in [7, 11) is 0. The molecule has 0 spiro atoms. The zero-order valence-corrected chi connectivity index (χ0v) is 19.2. The third kappa shape index (κ3) is 4.50. The lowest BCUT2D eigenvalue weighted by molar-refractivity contribution is -0.115. The molecule has 3 aromatic rings. The van der Waals surface area contributed by atoms with E-state index in [0.717, 1.165) is 42.6 Å². The highest BCUT2D eigenvalue weighted by molar-refractivity contribution is 8.00. The molecule has 3 heterocycles. The van der Waals surface area contributed by atoms with E-state index in [1.54, 1.807) is 23.7 Å². The molecular weight excluding hydrogens is 428 g/mol. The van der Waals surface area contributed by atoms with Crippen LogP contribution >= 0.6 is 23.1 Å². The van der Waals surface area contributed by atoms with Gasteiger partial charge < -0.3 is 9.88 Å². The molecule has 0 radical (unpaired) electrons. The number of carbonyl (C=O) groups excluding carboxylic acids is 1. The van der Waals surface area contributed by atoms with Crippen molar-refractivity contribution in [2.75, 3.05) is 5.32 Å². The number of nitrogens with one attached hydrogen (secondary N) is 1. The average Bonchev–Trinajstić information content (AvgIpc) is 3.25. The Morgan fingerprint density at radius 3 is 2.81 bits per heavy atom. The van der Waals surface area contributed by atoms with Crippen molar-refractivity contribution in [3.63, 3.8) is 0 Å². The van der Waals surface area contributed by atoms with E-state index >= 15 is 0 Å². The van der Waals surface area contributed by atoms with Crippen molar-refractivity contribution in [2.24, 2.45) is 0 Å². The van der Waals surface area contributed by atoms with Crippen molar-refractivity contribution < 1.29 is 4.79 Å². The molecule has 0 aliphatic heterocycles. The number of thiophene rings is 1.